The van der Waals surface area contributed by atoms with Crippen LogP contribution in [-0.4, -0.2) is 60.6 Å². The van der Waals surface area contributed by atoms with E-state index >= 15 is 0 Å². The SMILES string of the molecule is CC(=O)NCCCC[C@H](NC(C)C)C(=O)C(C)C.CC(=O)NCCCC[C@H](NC(C)C)C(=O)C(C)C. The van der Waals surface area contributed by atoms with Crippen molar-refractivity contribution < 1.29 is 19.2 Å². The summed E-state index contributed by atoms with van der Waals surface area (Å²) in [5, 5.41) is 12.2. The van der Waals surface area contributed by atoms with Gasteiger partial charge in [0, 0.05) is 50.9 Å². The summed E-state index contributed by atoms with van der Waals surface area (Å²) >= 11 is 0. The Bertz CT molecular complexity index is 579. The first-order valence-corrected chi connectivity index (χ1v) is 13.8. The third-order valence-electron chi connectivity index (χ3n) is 5.48. The summed E-state index contributed by atoms with van der Waals surface area (Å²) in [6.45, 7) is 20.4. The van der Waals surface area contributed by atoms with Crippen molar-refractivity contribution in [1.82, 2.24) is 21.3 Å². The molecule has 0 aliphatic heterocycles. The van der Waals surface area contributed by atoms with Crippen LogP contribution in [0.2, 0.25) is 0 Å². The normalized spacial score (nSPS) is 12.8. The first kappa shape index (κ1) is 36.4. The highest BCUT2D eigenvalue weighted by Crippen LogP contribution is 2.09. The fraction of sp³-hybridized carbons (Fsp3) is 0.857. The first-order valence-electron chi connectivity index (χ1n) is 13.8. The molecule has 0 radical (unpaired) electrons. The van der Waals surface area contributed by atoms with E-state index in [1.807, 2.05) is 27.7 Å². The number of rotatable bonds is 18. The highest BCUT2D eigenvalue weighted by molar-refractivity contribution is 5.86. The standard InChI is InChI=1S/2C14H28N2O2/c2*1-10(2)14(18)13(16-11(3)4)8-6-7-9-15-12(5)17/h2*10-11,13,16H,6-9H2,1-5H3,(H,15,17)/t2*13-/m00/s1. The van der Waals surface area contributed by atoms with Gasteiger partial charge in [-0.2, -0.15) is 0 Å². The largest absolute Gasteiger partial charge is 0.356 e. The number of amides is 2. The number of unbranched alkanes of at least 4 members (excludes halogenated alkanes) is 2. The number of hydrogen-bond donors (Lipinski definition) is 4. The summed E-state index contributed by atoms with van der Waals surface area (Å²) in [7, 11) is 0. The average Bonchev–Trinajstić information content (AvgIpc) is 2.75. The van der Waals surface area contributed by atoms with Crippen LogP contribution in [0.15, 0.2) is 0 Å². The van der Waals surface area contributed by atoms with E-state index in [2.05, 4.69) is 49.0 Å². The van der Waals surface area contributed by atoms with Gasteiger partial charge in [0.15, 0.2) is 11.6 Å². The predicted molar refractivity (Wildman–Crippen MR) is 149 cm³/mol. The minimum atomic E-state index is -0.0534. The summed E-state index contributed by atoms with van der Waals surface area (Å²) in [6, 6.07) is 0.519. The van der Waals surface area contributed by atoms with E-state index in [1.165, 1.54) is 13.8 Å². The van der Waals surface area contributed by atoms with Crippen molar-refractivity contribution in [3.05, 3.63) is 0 Å². The Morgan fingerprint density at radius 1 is 0.528 bits per heavy atom. The third-order valence-corrected chi connectivity index (χ3v) is 5.48. The Morgan fingerprint density at radius 2 is 0.833 bits per heavy atom. The van der Waals surface area contributed by atoms with Gasteiger partial charge in [-0.05, 0) is 38.5 Å². The van der Waals surface area contributed by atoms with Crippen LogP contribution in [0.5, 0.6) is 0 Å². The monoisotopic (exact) mass is 512 g/mol. The van der Waals surface area contributed by atoms with Gasteiger partial charge >= 0.3 is 0 Å². The summed E-state index contributed by atoms with van der Waals surface area (Å²) in [4.78, 5) is 45.4. The number of ketones is 2. The topological polar surface area (TPSA) is 116 Å². The van der Waals surface area contributed by atoms with Gasteiger partial charge in [-0.25, -0.2) is 0 Å². The zero-order chi connectivity index (χ0) is 28.3. The second kappa shape index (κ2) is 21.3. The Balaban J connectivity index is 0. The minimum Gasteiger partial charge on any atom is -0.356 e. The zero-order valence-electron chi connectivity index (χ0n) is 24.8. The highest BCUT2D eigenvalue weighted by Gasteiger charge is 2.22. The maximum Gasteiger partial charge on any atom is 0.216 e. The fourth-order valence-electron chi connectivity index (χ4n) is 3.70. The lowest BCUT2D eigenvalue weighted by atomic mass is 9.96. The summed E-state index contributed by atoms with van der Waals surface area (Å²) < 4.78 is 0. The number of hydrogen-bond acceptors (Lipinski definition) is 6. The van der Waals surface area contributed by atoms with Crippen LogP contribution in [0, 0.1) is 11.8 Å². The molecule has 8 heteroatoms. The van der Waals surface area contributed by atoms with E-state index in [1.54, 1.807) is 0 Å². The molecular formula is C28H56N4O4. The molecule has 0 aliphatic rings. The van der Waals surface area contributed by atoms with E-state index in [4.69, 9.17) is 0 Å². The number of Topliss-reactive ketones (excluding diaryl/α,β-unsaturated/α-hetero) is 2. The Labute approximate surface area is 220 Å². The molecule has 8 nitrogen and oxygen atoms in total. The van der Waals surface area contributed by atoms with E-state index in [-0.39, 0.29) is 47.3 Å². The first-order chi connectivity index (χ1) is 16.7. The lowest BCUT2D eigenvalue weighted by Gasteiger charge is -2.22. The van der Waals surface area contributed by atoms with Crippen molar-refractivity contribution in [1.29, 1.82) is 0 Å². The molecule has 0 aliphatic carbocycles. The van der Waals surface area contributed by atoms with Gasteiger partial charge in [0.25, 0.3) is 0 Å². The Morgan fingerprint density at radius 3 is 1.06 bits per heavy atom. The molecule has 0 heterocycles. The number of nitrogens with one attached hydrogen (secondary N) is 4. The molecule has 0 aromatic heterocycles. The molecule has 0 saturated carbocycles. The van der Waals surface area contributed by atoms with Crippen molar-refractivity contribution in [2.24, 2.45) is 11.8 Å². The van der Waals surface area contributed by atoms with Crippen LogP contribution in [-0.2, 0) is 19.2 Å². The van der Waals surface area contributed by atoms with Gasteiger partial charge in [-0.1, -0.05) is 55.4 Å². The molecule has 0 unspecified atom stereocenters. The van der Waals surface area contributed by atoms with Crippen LogP contribution >= 0.6 is 0 Å². The molecule has 2 atom stereocenters. The van der Waals surface area contributed by atoms with Crippen LogP contribution in [0.1, 0.15) is 108 Å². The molecule has 212 valence electrons. The molecule has 0 aromatic rings. The third kappa shape index (κ3) is 21.5. The molecule has 36 heavy (non-hydrogen) atoms. The second-order valence-electron chi connectivity index (χ2n) is 10.8. The van der Waals surface area contributed by atoms with Crippen LogP contribution in [0.4, 0.5) is 0 Å². The van der Waals surface area contributed by atoms with Crippen molar-refractivity contribution in [3.63, 3.8) is 0 Å². The molecule has 2 amide bonds. The molecule has 0 spiro atoms. The van der Waals surface area contributed by atoms with E-state index in [9.17, 15) is 19.2 Å². The van der Waals surface area contributed by atoms with Gasteiger partial charge < -0.3 is 21.3 Å². The lowest BCUT2D eigenvalue weighted by molar-refractivity contribution is -0.125. The Hall–Kier alpha value is -1.80. The summed E-state index contributed by atoms with van der Waals surface area (Å²) in [5.74, 6) is 0.704. The van der Waals surface area contributed by atoms with Crippen molar-refractivity contribution in [2.75, 3.05) is 13.1 Å². The van der Waals surface area contributed by atoms with Gasteiger partial charge in [0.2, 0.25) is 11.8 Å². The molecule has 0 bridgehead atoms. The van der Waals surface area contributed by atoms with Crippen LogP contribution < -0.4 is 21.3 Å². The molecular weight excluding hydrogens is 456 g/mol. The molecule has 0 fully saturated rings. The average molecular weight is 513 g/mol. The van der Waals surface area contributed by atoms with Crippen LogP contribution in [0.3, 0.4) is 0 Å². The maximum atomic E-state index is 12.0. The zero-order valence-corrected chi connectivity index (χ0v) is 24.8. The quantitative estimate of drug-likeness (QED) is 0.208. The van der Waals surface area contributed by atoms with E-state index in [0.717, 1.165) is 38.5 Å². The maximum absolute atomic E-state index is 12.0. The Kier molecular flexibility index (Phi) is 21.5. The molecule has 0 rings (SSSR count). The van der Waals surface area contributed by atoms with E-state index in [0.29, 0.717) is 25.2 Å². The van der Waals surface area contributed by atoms with Gasteiger partial charge in [0.1, 0.15) is 0 Å². The fourth-order valence-corrected chi connectivity index (χ4v) is 3.70. The summed E-state index contributed by atoms with van der Waals surface area (Å²) in [5.41, 5.74) is 0. The molecule has 0 saturated heterocycles. The van der Waals surface area contributed by atoms with Gasteiger partial charge in [-0.3, -0.25) is 19.2 Å². The number of carbonyl (C=O) groups is 4. The lowest BCUT2D eigenvalue weighted by Crippen LogP contribution is -2.42. The van der Waals surface area contributed by atoms with Crippen molar-refractivity contribution in [3.8, 4) is 0 Å². The van der Waals surface area contributed by atoms with E-state index < -0.39 is 0 Å². The van der Waals surface area contributed by atoms with Gasteiger partial charge in [-0.15, -0.1) is 0 Å². The van der Waals surface area contributed by atoms with Crippen LogP contribution in [0.25, 0.3) is 0 Å². The van der Waals surface area contributed by atoms with Crippen molar-refractivity contribution in [2.45, 2.75) is 132 Å². The minimum absolute atomic E-state index is 0.00473. The second-order valence-corrected chi connectivity index (χ2v) is 10.8. The molecule has 0 aromatic carbocycles. The molecule has 4 N–H and O–H groups in total. The predicted octanol–water partition coefficient (Wildman–Crippen LogP) is 3.77. The number of carbonyl (C=O) groups excluding carboxylic acids is 4. The smallest absolute Gasteiger partial charge is 0.216 e. The highest BCUT2D eigenvalue weighted by atomic mass is 16.2. The van der Waals surface area contributed by atoms with Crippen molar-refractivity contribution >= 4 is 23.4 Å². The van der Waals surface area contributed by atoms with Gasteiger partial charge in [0.05, 0.1) is 12.1 Å². The summed E-state index contributed by atoms with van der Waals surface area (Å²) in [6.07, 6.45) is 5.41.